The van der Waals surface area contributed by atoms with E-state index in [1.807, 2.05) is 0 Å². The number of benzene rings is 1. The normalized spacial score (nSPS) is 13.4. The molecule has 7 heteroatoms. The van der Waals surface area contributed by atoms with Crippen molar-refractivity contribution in [3.05, 3.63) is 29.3 Å². The first-order valence-electron chi connectivity index (χ1n) is 6.51. The number of rotatable bonds is 6. The van der Waals surface area contributed by atoms with E-state index in [9.17, 15) is 9.59 Å². The third-order valence-electron chi connectivity index (χ3n) is 2.68. The molecule has 3 N–H and O–H groups in total. The SMILES string of the molecule is CC(NC(=O)NC(C(=O)O)C(C)C)Oc1ccc(Cl)cc1. The topological polar surface area (TPSA) is 87.7 Å². The monoisotopic (exact) mass is 314 g/mol. The van der Waals surface area contributed by atoms with E-state index in [1.165, 1.54) is 0 Å². The quantitative estimate of drug-likeness (QED) is 0.704. The number of carboxylic acids is 1. The number of aliphatic carboxylic acids is 1. The average molecular weight is 315 g/mol. The molecule has 0 spiro atoms. The molecule has 1 aromatic carbocycles. The molecule has 6 nitrogen and oxygen atoms in total. The number of ether oxygens (including phenoxy) is 1. The van der Waals surface area contributed by atoms with Gasteiger partial charge in [0.15, 0.2) is 6.23 Å². The maximum absolute atomic E-state index is 11.7. The number of urea groups is 1. The number of carbonyl (C=O) groups is 2. The lowest BCUT2D eigenvalue weighted by Crippen LogP contribution is -2.51. The molecule has 1 rings (SSSR count). The van der Waals surface area contributed by atoms with Crippen LogP contribution in [-0.4, -0.2) is 29.4 Å². The standard InChI is InChI=1S/C14H19ClN2O4/c1-8(2)12(13(18)19)17-14(20)16-9(3)21-11-6-4-10(15)5-7-11/h4-9,12H,1-3H3,(H,18,19)(H2,16,17,20). The Morgan fingerprint density at radius 2 is 1.71 bits per heavy atom. The van der Waals surface area contributed by atoms with Gasteiger partial charge in [-0.15, -0.1) is 0 Å². The summed E-state index contributed by atoms with van der Waals surface area (Å²) < 4.78 is 5.46. The summed E-state index contributed by atoms with van der Waals surface area (Å²) >= 11 is 5.76. The van der Waals surface area contributed by atoms with Crippen molar-refractivity contribution in [2.24, 2.45) is 5.92 Å². The predicted molar refractivity (Wildman–Crippen MR) is 79.5 cm³/mol. The number of amides is 2. The van der Waals surface area contributed by atoms with Crippen molar-refractivity contribution in [3.8, 4) is 5.75 Å². The Hall–Kier alpha value is -1.95. The Balaban J connectivity index is 2.50. The Kier molecular flexibility index (Phi) is 6.30. The minimum Gasteiger partial charge on any atom is -0.480 e. The summed E-state index contributed by atoms with van der Waals surface area (Å²) in [4.78, 5) is 22.7. The Morgan fingerprint density at radius 3 is 2.19 bits per heavy atom. The molecule has 2 atom stereocenters. The van der Waals surface area contributed by atoms with E-state index in [-0.39, 0.29) is 5.92 Å². The maximum atomic E-state index is 11.7. The molecule has 116 valence electrons. The lowest BCUT2D eigenvalue weighted by Gasteiger charge is -2.21. The van der Waals surface area contributed by atoms with Gasteiger partial charge in [-0.3, -0.25) is 0 Å². The van der Waals surface area contributed by atoms with E-state index in [1.54, 1.807) is 45.0 Å². The molecule has 0 saturated heterocycles. The zero-order chi connectivity index (χ0) is 16.0. The number of carboxylic acid groups (broad SMARTS) is 1. The van der Waals surface area contributed by atoms with E-state index in [4.69, 9.17) is 21.4 Å². The highest BCUT2D eigenvalue weighted by molar-refractivity contribution is 6.30. The third-order valence-corrected chi connectivity index (χ3v) is 2.93. The number of halogens is 1. The Labute approximate surface area is 128 Å². The van der Waals surface area contributed by atoms with Gasteiger partial charge in [-0.05, 0) is 37.1 Å². The van der Waals surface area contributed by atoms with Crippen LogP contribution in [0.3, 0.4) is 0 Å². The van der Waals surface area contributed by atoms with Crippen molar-refractivity contribution in [2.75, 3.05) is 0 Å². The Bertz CT molecular complexity index is 490. The molecule has 2 unspecified atom stereocenters. The summed E-state index contributed by atoms with van der Waals surface area (Å²) in [6.45, 7) is 5.07. The summed E-state index contributed by atoms with van der Waals surface area (Å²) in [7, 11) is 0. The minimum absolute atomic E-state index is 0.222. The van der Waals surface area contributed by atoms with Gasteiger partial charge in [-0.25, -0.2) is 9.59 Å². The van der Waals surface area contributed by atoms with Crippen LogP contribution < -0.4 is 15.4 Å². The summed E-state index contributed by atoms with van der Waals surface area (Å²) in [5.41, 5.74) is 0. The maximum Gasteiger partial charge on any atom is 0.326 e. The van der Waals surface area contributed by atoms with Crippen LogP contribution in [0, 0.1) is 5.92 Å². The van der Waals surface area contributed by atoms with Crippen molar-refractivity contribution in [1.82, 2.24) is 10.6 Å². The first-order valence-corrected chi connectivity index (χ1v) is 6.89. The molecule has 2 amide bonds. The van der Waals surface area contributed by atoms with E-state index in [2.05, 4.69) is 10.6 Å². The number of carbonyl (C=O) groups excluding carboxylic acids is 1. The molecular weight excluding hydrogens is 296 g/mol. The lowest BCUT2D eigenvalue weighted by molar-refractivity contribution is -0.140. The molecule has 0 radical (unpaired) electrons. The van der Waals surface area contributed by atoms with E-state index >= 15 is 0 Å². The minimum atomic E-state index is -1.08. The van der Waals surface area contributed by atoms with Crippen molar-refractivity contribution in [1.29, 1.82) is 0 Å². The fourth-order valence-electron chi connectivity index (χ4n) is 1.63. The largest absolute Gasteiger partial charge is 0.480 e. The van der Waals surface area contributed by atoms with Gasteiger partial charge in [0, 0.05) is 5.02 Å². The molecular formula is C14H19ClN2O4. The molecule has 21 heavy (non-hydrogen) atoms. The molecule has 0 bridgehead atoms. The van der Waals surface area contributed by atoms with Crippen LogP contribution in [0.25, 0.3) is 0 Å². The van der Waals surface area contributed by atoms with Crippen LogP contribution in [0.1, 0.15) is 20.8 Å². The fourth-order valence-corrected chi connectivity index (χ4v) is 1.75. The molecule has 0 aromatic heterocycles. The first kappa shape index (κ1) is 17.1. The van der Waals surface area contributed by atoms with Crippen molar-refractivity contribution >= 4 is 23.6 Å². The molecule has 0 saturated carbocycles. The number of nitrogens with one attached hydrogen (secondary N) is 2. The lowest BCUT2D eigenvalue weighted by atomic mass is 10.1. The zero-order valence-corrected chi connectivity index (χ0v) is 12.8. The Morgan fingerprint density at radius 1 is 1.14 bits per heavy atom. The molecule has 0 aliphatic heterocycles. The van der Waals surface area contributed by atoms with Crippen molar-refractivity contribution < 1.29 is 19.4 Å². The number of hydrogen-bond donors (Lipinski definition) is 3. The third kappa shape index (κ3) is 5.91. The smallest absolute Gasteiger partial charge is 0.326 e. The van der Waals surface area contributed by atoms with Crippen LogP contribution in [-0.2, 0) is 4.79 Å². The van der Waals surface area contributed by atoms with Crippen LogP contribution in [0.4, 0.5) is 4.79 Å². The highest BCUT2D eigenvalue weighted by atomic mass is 35.5. The fraction of sp³-hybridized carbons (Fsp3) is 0.429. The van der Waals surface area contributed by atoms with E-state index in [0.29, 0.717) is 10.8 Å². The van der Waals surface area contributed by atoms with Crippen LogP contribution in [0.2, 0.25) is 5.02 Å². The zero-order valence-electron chi connectivity index (χ0n) is 12.1. The molecule has 1 aromatic rings. The molecule has 0 fully saturated rings. The van der Waals surface area contributed by atoms with Crippen LogP contribution in [0.5, 0.6) is 5.75 Å². The molecule has 0 aliphatic carbocycles. The second kappa shape index (κ2) is 7.73. The highest BCUT2D eigenvalue weighted by Crippen LogP contribution is 2.16. The van der Waals surface area contributed by atoms with E-state index < -0.39 is 24.3 Å². The predicted octanol–water partition coefficient (Wildman–Crippen LogP) is 2.47. The van der Waals surface area contributed by atoms with Gasteiger partial charge in [0.05, 0.1) is 0 Å². The van der Waals surface area contributed by atoms with Gasteiger partial charge >= 0.3 is 12.0 Å². The summed E-state index contributed by atoms with van der Waals surface area (Å²) in [5.74, 6) is -0.752. The summed E-state index contributed by atoms with van der Waals surface area (Å²) in [5, 5.41) is 14.5. The van der Waals surface area contributed by atoms with Crippen molar-refractivity contribution in [3.63, 3.8) is 0 Å². The average Bonchev–Trinajstić information content (AvgIpc) is 2.38. The number of hydrogen-bond acceptors (Lipinski definition) is 3. The molecule has 0 aliphatic rings. The second-order valence-electron chi connectivity index (χ2n) is 4.89. The van der Waals surface area contributed by atoms with Crippen LogP contribution >= 0.6 is 11.6 Å². The van der Waals surface area contributed by atoms with Gasteiger partial charge in [0.25, 0.3) is 0 Å². The van der Waals surface area contributed by atoms with Gasteiger partial charge in [-0.1, -0.05) is 25.4 Å². The first-order chi connectivity index (χ1) is 9.79. The highest BCUT2D eigenvalue weighted by Gasteiger charge is 2.23. The van der Waals surface area contributed by atoms with Gasteiger partial charge in [-0.2, -0.15) is 0 Å². The van der Waals surface area contributed by atoms with Gasteiger partial charge in [0.2, 0.25) is 0 Å². The second-order valence-corrected chi connectivity index (χ2v) is 5.33. The van der Waals surface area contributed by atoms with Gasteiger partial charge < -0.3 is 20.5 Å². The van der Waals surface area contributed by atoms with E-state index in [0.717, 1.165) is 0 Å². The van der Waals surface area contributed by atoms with Crippen LogP contribution in [0.15, 0.2) is 24.3 Å². The molecule has 0 heterocycles. The summed E-state index contributed by atoms with van der Waals surface area (Å²) in [6.07, 6.45) is -0.618. The van der Waals surface area contributed by atoms with Crippen molar-refractivity contribution in [2.45, 2.75) is 33.0 Å². The summed E-state index contributed by atoms with van der Waals surface area (Å²) in [6, 6.07) is 5.13. The van der Waals surface area contributed by atoms with Gasteiger partial charge in [0.1, 0.15) is 11.8 Å².